The van der Waals surface area contributed by atoms with Crippen molar-refractivity contribution in [2.75, 3.05) is 27.7 Å². The molecule has 0 aromatic rings. The summed E-state index contributed by atoms with van der Waals surface area (Å²) < 4.78 is 1.02. The van der Waals surface area contributed by atoms with E-state index in [4.69, 9.17) is 0 Å². The number of carbonyl (C=O) groups excluding carboxylic acids is 1. The summed E-state index contributed by atoms with van der Waals surface area (Å²) in [5.41, 5.74) is -0.293. The molecule has 0 heterocycles. The highest BCUT2D eigenvalue weighted by molar-refractivity contribution is 5.88. The Morgan fingerprint density at radius 3 is 1.86 bits per heavy atom. The molecule has 0 spiro atoms. The molecule has 1 atom stereocenters. The van der Waals surface area contributed by atoms with Crippen molar-refractivity contribution in [1.29, 1.82) is 0 Å². The Morgan fingerprint density at radius 1 is 0.952 bits per heavy atom. The molecule has 21 heavy (non-hydrogen) atoms. The maximum absolute atomic E-state index is 12.6. The van der Waals surface area contributed by atoms with E-state index < -0.39 is 0 Å². The number of unbranched alkanes of at least 4 members (excludes halogenated alkanes) is 2. The van der Waals surface area contributed by atoms with Crippen LogP contribution in [0.25, 0.3) is 0 Å². The van der Waals surface area contributed by atoms with Gasteiger partial charge >= 0.3 is 0 Å². The fourth-order valence-electron chi connectivity index (χ4n) is 2.43. The molecule has 0 aliphatic rings. The predicted octanol–water partition coefficient (Wildman–Crippen LogP) is 3.62. The second-order valence-corrected chi connectivity index (χ2v) is 9.42. The van der Waals surface area contributed by atoms with E-state index in [9.17, 15) is 4.79 Å². The van der Waals surface area contributed by atoms with Gasteiger partial charge < -0.3 is 9.80 Å². The summed E-state index contributed by atoms with van der Waals surface area (Å²) in [6.07, 6.45) is 4.50. The van der Waals surface area contributed by atoms with Gasteiger partial charge in [-0.05, 0) is 40.0 Å². The molecule has 0 saturated carbocycles. The Labute approximate surface area is 133 Å². The van der Waals surface area contributed by atoms with E-state index in [0.29, 0.717) is 5.78 Å². The number of Topliss-reactive ketones (excluding diaryl/α,β-unsaturated/α-hetero) is 1. The lowest BCUT2D eigenvalue weighted by Gasteiger charge is -2.32. The number of hydrogen-bond donors (Lipinski definition) is 1. The summed E-state index contributed by atoms with van der Waals surface area (Å²) in [5, 5.41) is 3.52. The molecule has 0 rings (SSSR count). The van der Waals surface area contributed by atoms with Gasteiger partial charge in [0, 0.05) is 11.0 Å². The Bertz CT molecular complexity index is 316. The lowest BCUT2D eigenvalue weighted by molar-refractivity contribution is -0.870. The molecule has 0 aromatic heterocycles. The number of hydrogen-bond acceptors (Lipinski definition) is 2. The molecule has 126 valence electrons. The Balaban J connectivity index is 4.40. The van der Waals surface area contributed by atoms with Crippen LogP contribution in [0.3, 0.4) is 0 Å². The lowest BCUT2D eigenvalue weighted by atomic mass is 9.83. The molecule has 1 unspecified atom stereocenters. The minimum absolute atomic E-state index is 0.0193. The van der Waals surface area contributed by atoms with E-state index in [1.807, 2.05) is 20.8 Å². The molecule has 0 aliphatic carbocycles. The second-order valence-electron chi connectivity index (χ2n) is 9.42. The third-order valence-corrected chi connectivity index (χ3v) is 3.48. The van der Waals surface area contributed by atoms with Crippen LogP contribution in [0.4, 0.5) is 0 Å². The molecule has 0 amide bonds. The van der Waals surface area contributed by atoms with Crippen LogP contribution in [0.1, 0.15) is 67.2 Å². The standard InChI is InChI=1S/C18H39N2O/c1-17(2,3)16(21)15(19-18(4,5)6)13-11-10-12-14-20(7,8)9/h15,19H,10-14H2,1-9H3/q+1. The normalized spacial score (nSPS) is 15.1. The summed E-state index contributed by atoms with van der Waals surface area (Å²) in [5.74, 6) is 0.337. The summed E-state index contributed by atoms with van der Waals surface area (Å²) in [6.45, 7) is 13.6. The fraction of sp³-hybridized carbons (Fsp3) is 0.944. The SMILES string of the molecule is CC(C)(C)NC(CCCCC[N+](C)(C)C)C(=O)C(C)(C)C. The maximum atomic E-state index is 12.6. The Hall–Kier alpha value is -0.410. The highest BCUT2D eigenvalue weighted by Crippen LogP contribution is 2.21. The number of nitrogens with zero attached hydrogens (tertiary/aromatic N) is 1. The largest absolute Gasteiger partial charge is 0.331 e. The van der Waals surface area contributed by atoms with Gasteiger partial charge in [0.1, 0.15) is 0 Å². The van der Waals surface area contributed by atoms with E-state index in [1.165, 1.54) is 19.4 Å². The molecule has 0 radical (unpaired) electrons. The van der Waals surface area contributed by atoms with Crippen LogP contribution in [-0.4, -0.2) is 49.5 Å². The van der Waals surface area contributed by atoms with E-state index in [1.54, 1.807) is 0 Å². The first kappa shape index (κ1) is 20.6. The molecular weight excluding hydrogens is 260 g/mol. The number of ketones is 1. The van der Waals surface area contributed by atoms with Crippen LogP contribution in [0, 0.1) is 5.41 Å². The molecule has 0 aliphatic heterocycles. The zero-order chi connectivity index (χ0) is 16.9. The first-order valence-corrected chi connectivity index (χ1v) is 8.35. The zero-order valence-electron chi connectivity index (χ0n) is 16.0. The third kappa shape index (κ3) is 10.9. The number of carbonyl (C=O) groups is 1. The topological polar surface area (TPSA) is 29.1 Å². The van der Waals surface area contributed by atoms with Crippen molar-refractivity contribution in [1.82, 2.24) is 5.32 Å². The fourth-order valence-corrected chi connectivity index (χ4v) is 2.43. The molecule has 3 nitrogen and oxygen atoms in total. The van der Waals surface area contributed by atoms with Gasteiger partial charge in [-0.2, -0.15) is 0 Å². The minimum Gasteiger partial charge on any atom is -0.331 e. The van der Waals surface area contributed by atoms with Gasteiger partial charge in [0.25, 0.3) is 0 Å². The van der Waals surface area contributed by atoms with Crippen molar-refractivity contribution in [3.8, 4) is 0 Å². The molecule has 3 heteroatoms. The summed E-state index contributed by atoms with van der Waals surface area (Å²) in [7, 11) is 6.69. The van der Waals surface area contributed by atoms with Crippen molar-refractivity contribution < 1.29 is 9.28 Å². The molecule has 0 aromatic carbocycles. The lowest BCUT2D eigenvalue weighted by Crippen LogP contribution is -2.50. The van der Waals surface area contributed by atoms with Gasteiger partial charge in [-0.15, -0.1) is 0 Å². The van der Waals surface area contributed by atoms with Gasteiger partial charge in [0.05, 0.1) is 33.7 Å². The van der Waals surface area contributed by atoms with Crippen molar-refractivity contribution in [3.63, 3.8) is 0 Å². The summed E-state index contributed by atoms with van der Waals surface area (Å²) in [6, 6.07) is -0.0193. The van der Waals surface area contributed by atoms with Crippen LogP contribution < -0.4 is 5.32 Å². The quantitative estimate of drug-likeness (QED) is 0.548. The van der Waals surface area contributed by atoms with E-state index in [0.717, 1.165) is 17.3 Å². The summed E-state index contributed by atoms with van der Waals surface area (Å²) in [4.78, 5) is 12.6. The average molecular weight is 300 g/mol. The van der Waals surface area contributed by atoms with Crippen molar-refractivity contribution >= 4 is 5.78 Å². The number of rotatable bonds is 8. The van der Waals surface area contributed by atoms with Crippen LogP contribution in [-0.2, 0) is 4.79 Å². The van der Waals surface area contributed by atoms with E-state index in [-0.39, 0.29) is 17.0 Å². The van der Waals surface area contributed by atoms with Gasteiger partial charge in [0.2, 0.25) is 0 Å². The van der Waals surface area contributed by atoms with Gasteiger partial charge in [0.15, 0.2) is 5.78 Å². The van der Waals surface area contributed by atoms with E-state index in [2.05, 4.69) is 47.2 Å². The van der Waals surface area contributed by atoms with E-state index >= 15 is 0 Å². The number of nitrogens with one attached hydrogen (secondary N) is 1. The Morgan fingerprint density at radius 2 is 1.48 bits per heavy atom. The molecule has 0 bridgehead atoms. The van der Waals surface area contributed by atoms with Gasteiger partial charge in [-0.1, -0.05) is 27.2 Å². The monoisotopic (exact) mass is 299 g/mol. The highest BCUT2D eigenvalue weighted by atomic mass is 16.1. The van der Waals surface area contributed by atoms with Crippen molar-refractivity contribution in [2.24, 2.45) is 5.41 Å². The highest BCUT2D eigenvalue weighted by Gasteiger charge is 2.31. The van der Waals surface area contributed by atoms with Crippen LogP contribution in [0.15, 0.2) is 0 Å². The molecule has 0 fully saturated rings. The third-order valence-electron chi connectivity index (χ3n) is 3.48. The smallest absolute Gasteiger partial charge is 0.155 e. The first-order valence-electron chi connectivity index (χ1n) is 8.35. The molecular formula is C18H39N2O+. The van der Waals surface area contributed by atoms with Gasteiger partial charge in [-0.3, -0.25) is 4.79 Å². The van der Waals surface area contributed by atoms with Crippen LogP contribution in [0.5, 0.6) is 0 Å². The average Bonchev–Trinajstić information content (AvgIpc) is 2.21. The first-order chi connectivity index (χ1) is 9.22. The van der Waals surface area contributed by atoms with Crippen LogP contribution >= 0.6 is 0 Å². The minimum atomic E-state index is -0.273. The second kappa shape index (κ2) is 7.73. The maximum Gasteiger partial charge on any atom is 0.155 e. The van der Waals surface area contributed by atoms with Gasteiger partial charge in [-0.25, -0.2) is 0 Å². The van der Waals surface area contributed by atoms with Crippen LogP contribution in [0.2, 0.25) is 0 Å². The predicted molar refractivity (Wildman–Crippen MR) is 92.5 cm³/mol. The molecule has 0 saturated heterocycles. The zero-order valence-corrected chi connectivity index (χ0v) is 16.0. The van der Waals surface area contributed by atoms with Crippen molar-refractivity contribution in [3.05, 3.63) is 0 Å². The Kier molecular flexibility index (Phi) is 7.58. The number of quaternary nitrogens is 1. The van der Waals surface area contributed by atoms with Crippen molar-refractivity contribution in [2.45, 2.75) is 78.8 Å². The summed E-state index contributed by atoms with van der Waals surface area (Å²) >= 11 is 0. The molecule has 1 N–H and O–H groups in total.